The van der Waals surface area contributed by atoms with E-state index in [9.17, 15) is 9.18 Å². The van der Waals surface area contributed by atoms with Gasteiger partial charge in [-0.05, 0) is 56.6 Å². The molecule has 1 saturated heterocycles. The summed E-state index contributed by atoms with van der Waals surface area (Å²) < 4.78 is 19.3. The summed E-state index contributed by atoms with van der Waals surface area (Å²) in [6, 6.07) is 12.2. The topological polar surface area (TPSA) is 32.8 Å². The summed E-state index contributed by atoms with van der Waals surface area (Å²) in [6.07, 6.45) is 1.29. The first-order valence-electron chi connectivity index (χ1n) is 8.47. The normalized spacial score (nSPS) is 17.5. The molecule has 1 aliphatic heterocycles. The van der Waals surface area contributed by atoms with Gasteiger partial charge in [-0.15, -0.1) is 0 Å². The molecule has 1 atom stereocenters. The number of aryl methyl sites for hydroxylation is 1. The lowest BCUT2D eigenvalue weighted by Crippen LogP contribution is -2.36. The standard InChI is InChI=1S/C20H23FN2O2/c1-14-9-10-18(17(12-14)15-6-4-7-16(21)13-15)23(3)20(24)25-19-8-5-11-22(19)2/h4,6-7,9-10,12-13,19H,5,8,11H2,1-3H3/t19-/m0/s1. The molecule has 4 nitrogen and oxygen atoms in total. The third-order valence-corrected chi connectivity index (χ3v) is 4.61. The highest BCUT2D eigenvalue weighted by molar-refractivity contribution is 5.93. The number of carbonyl (C=O) groups is 1. The molecule has 5 heteroatoms. The summed E-state index contributed by atoms with van der Waals surface area (Å²) in [7, 11) is 3.64. The number of benzene rings is 2. The average molecular weight is 342 g/mol. The van der Waals surface area contributed by atoms with Crippen LogP contribution in [0, 0.1) is 12.7 Å². The molecule has 0 saturated carbocycles. The molecule has 1 aliphatic rings. The summed E-state index contributed by atoms with van der Waals surface area (Å²) in [6.45, 7) is 2.90. The van der Waals surface area contributed by atoms with Crippen LogP contribution in [0.15, 0.2) is 42.5 Å². The van der Waals surface area contributed by atoms with Crippen molar-refractivity contribution in [2.75, 3.05) is 25.5 Å². The Morgan fingerprint density at radius 1 is 1.28 bits per heavy atom. The van der Waals surface area contributed by atoms with Gasteiger partial charge >= 0.3 is 6.09 Å². The Morgan fingerprint density at radius 3 is 2.76 bits per heavy atom. The van der Waals surface area contributed by atoms with Crippen molar-refractivity contribution in [2.45, 2.75) is 26.0 Å². The lowest BCUT2D eigenvalue weighted by molar-refractivity contribution is 0.0315. The number of halogens is 1. The monoisotopic (exact) mass is 342 g/mol. The summed E-state index contributed by atoms with van der Waals surface area (Å²) >= 11 is 0. The van der Waals surface area contributed by atoms with Crippen molar-refractivity contribution in [3.05, 3.63) is 53.8 Å². The zero-order valence-corrected chi connectivity index (χ0v) is 14.8. The van der Waals surface area contributed by atoms with Crippen LogP contribution in [0.1, 0.15) is 18.4 Å². The summed E-state index contributed by atoms with van der Waals surface area (Å²) in [5.74, 6) is -0.303. The van der Waals surface area contributed by atoms with E-state index in [-0.39, 0.29) is 12.0 Å². The lowest BCUT2D eigenvalue weighted by atomic mass is 10.0. The van der Waals surface area contributed by atoms with Gasteiger partial charge in [0.15, 0.2) is 6.23 Å². The van der Waals surface area contributed by atoms with E-state index < -0.39 is 6.09 Å². The Labute approximate surface area is 147 Å². The highest BCUT2D eigenvalue weighted by atomic mass is 19.1. The van der Waals surface area contributed by atoms with E-state index in [4.69, 9.17) is 4.74 Å². The fourth-order valence-corrected chi connectivity index (χ4v) is 3.15. The number of likely N-dealkylation sites (tertiary alicyclic amines) is 1. The molecule has 1 amide bonds. The van der Waals surface area contributed by atoms with Crippen molar-refractivity contribution in [3.63, 3.8) is 0 Å². The average Bonchev–Trinajstić information content (AvgIpc) is 2.99. The van der Waals surface area contributed by atoms with Crippen LogP contribution in [0.4, 0.5) is 14.9 Å². The fourth-order valence-electron chi connectivity index (χ4n) is 3.15. The largest absolute Gasteiger partial charge is 0.430 e. The number of ether oxygens (including phenoxy) is 1. The molecule has 2 aromatic carbocycles. The van der Waals surface area contributed by atoms with Crippen molar-refractivity contribution in [2.24, 2.45) is 0 Å². The van der Waals surface area contributed by atoms with Crippen molar-refractivity contribution in [3.8, 4) is 11.1 Å². The number of rotatable bonds is 3. The molecule has 0 aliphatic carbocycles. The number of amides is 1. The van der Waals surface area contributed by atoms with E-state index in [0.29, 0.717) is 5.69 Å². The van der Waals surface area contributed by atoms with Crippen LogP contribution in [0.5, 0.6) is 0 Å². The number of carbonyl (C=O) groups excluding carboxylic acids is 1. The maximum absolute atomic E-state index is 13.6. The second-order valence-electron chi connectivity index (χ2n) is 6.55. The van der Waals surface area contributed by atoms with Gasteiger partial charge in [-0.1, -0.05) is 23.8 Å². The molecule has 3 rings (SSSR count). The molecular weight excluding hydrogens is 319 g/mol. The first-order chi connectivity index (χ1) is 12.0. The maximum atomic E-state index is 13.6. The zero-order chi connectivity index (χ0) is 18.0. The molecular formula is C20H23FN2O2. The second-order valence-corrected chi connectivity index (χ2v) is 6.55. The second kappa shape index (κ2) is 7.23. The Balaban J connectivity index is 1.89. The molecule has 2 aromatic rings. The van der Waals surface area contributed by atoms with Crippen molar-refractivity contribution in [1.29, 1.82) is 0 Å². The first-order valence-corrected chi connectivity index (χ1v) is 8.47. The van der Waals surface area contributed by atoms with Gasteiger partial charge < -0.3 is 4.74 Å². The Hall–Kier alpha value is -2.40. The molecule has 1 heterocycles. The molecule has 0 unspecified atom stereocenters. The zero-order valence-electron chi connectivity index (χ0n) is 14.8. The van der Waals surface area contributed by atoms with Crippen LogP contribution in [0.2, 0.25) is 0 Å². The first kappa shape index (κ1) is 17.4. The van der Waals surface area contributed by atoms with Gasteiger partial charge in [0.2, 0.25) is 0 Å². The minimum Gasteiger partial charge on any atom is -0.430 e. The quantitative estimate of drug-likeness (QED) is 0.827. The number of hydrogen-bond acceptors (Lipinski definition) is 3. The lowest BCUT2D eigenvalue weighted by Gasteiger charge is -2.25. The number of hydrogen-bond donors (Lipinski definition) is 0. The van der Waals surface area contributed by atoms with E-state index in [2.05, 4.69) is 0 Å². The fraction of sp³-hybridized carbons (Fsp3) is 0.350. The third kappa shape index (κ3) is 3.82. The van der Waals surface area contributed by atoms with Gasteiger partial charge in [0, 0.05) is 19.2 Å². The van der Waals surface area contributed by atoms with Crippen LogP contribution in [0.3, 0.4) is 0 Å². The molecule has 25 heavy (non-hydrogen) atoms. The Morgan fingerprint density at radius 2 is 2.08 bits per heavy atom. The van der Waals surface area contributed by atoms with Gasteiger partial charge in [-0.2, -0.15) is 0 Å². The van der Waals surface area contributed by atoms with Crippen molar-refractivity contribution in [1.82, 2.24) is 4.90 Å². The van der Waals surface area contributed by atoms with Crippen molar-refractivity contribution >= 4 is 11.8 Å². The van der Waals surface area contributed by atoms with E-state index >= 15 is 0 Å². The SMILES string of the molecule is Cc1ccc(N(C)C(=O)O[C@H]2CCCN2C)c(-c2cccc(F)c2)c1. The summed E-state index contributed by atoms with van der Waals surface area (Å²) in [5, 5.41) is 0. The molecule has 132 valence electrons. The van der Waals surface area contributed by atoms with E-state index in [1.165, 1.54) is 17.0 Å². The molecule has 0 N–H and O–H groups in total. The summed E-state index contributed by atoms with van der Waals surface area (Å²) in [5.41, 5.74) is 3.28. The van der Waals surface area contributed by atoms with E-state index in [0.717, 1.165) is 36.1 Å². The molecule has 0 radical (unpaired) electrons. The smallest absolute Gasteiger partial charge is 0.415 e. The summed E-state index contributed by atoms with van der Waals surface area (Å²) in [4.78, 5) is 16.1. The minimum atomic E-state index is -0.403. The van der Waals surface area contributed by atoms with Gasteiger partial charge in [0.25, 0.3) is 0 Å². The highest BCUT2D eigenvalue weighted by Crippen LogP contribution is 2.32. The van der Waals surface area contributed by atoms with Crippen LogP contribution in [-0.2, 0) is 4.74 Å². The predicted molar refractivity (Wildman–Crippen MR) is 97.1 cm³/mol. The maximum Gasteiger partial charge on any atom is 0.415 e. The van der Waals surface area contributed by atoms with E-state index in [1.807, 2.05) is 43.1 Å². The van der Waals surface area contributed by atoms with Crippen LogP contribution in [-0.4, -0.2) is 37.9 Å². The van der Waals surface area contributed by atoms with Gasteiger partial charge in [-0.25, -0.2) is 9.18 Å². The number of nitrogens with zero attached hydrogens (tertiary/aromatic N) is 2. The minimum absolute atomic E-state index is 0.182. The van der Waals surface area contributed by atoms with E-state index in [1.54, 1.807) is 13.1 Å². The van der Waals surface area contributed by atoms with Crippen molar-refractivity contribution < 1.29 is 13.9 Å². The van der Waals surface area contributed by atoms with Gasteiger partial charge in [0.05, 0.1) is 5.69 Å². The van der Waals surface area contributed by atoms with Gasteiger partial charge in [0.1, 0.15) is 5.82 Å². The van der Waals surface area contributed by atoms with Crippen LogP contribution in [0.25, 0.3) is 11.1 Å². The molecule has 0 aromatic heterocycles. The highest BCUT2D eigenvalue weighted by Gasteiger charge is 2.27. The third-order valence-electron chi connectivity index (χ3n) is 4.61. The molecule has 0 bridgehead atoms. The van der Waals surface area contributed by atoms with Crippen LogP contribution >= 0.6 is 0 Å². The molecule has 0 spiro atoms. The molecule has 1 fully saturated rings. The number of anilines is 1. The Kier molecular flexibility index (Phi) is 5.04. The Bertz CT molecular complexity index is 778. The predicted octanol–water partition coefficient (Wildman–Crippen LogP) is 4.43. The van der Waals surface area contributed by atoms with Crippen LogP contribution < -0.4 is 4.90 Å². The van der Waals surface area contributed by atoms with Gasteiger partial charge in [-0.3, -0.25) is 9.80 Å².